The Morgan fingerprint density at radius 2 is 2.00 bits per heavy atom. The minimum absolute atomic E-state index is 0.166. The molecule has 0 saturated heterocycles. The van der Waals surface area contributed by atoms with Gasteiger partial charge in [0.15, 0.2) is 0 Å². The Morgan fingerprint density at radius 3 is 2.59 bits per heavy atom. The number of carbonyl (C=O) groups is 1. The van der Waals surface area contributed by atoms with Crippen molar-refractivity contribution in [2.75, 3.05) is 0 Å². The summed E-state index contributed by atoms with van der Waals surface area (Å²) < 4.78 is 5.68. The highest BCUT2D eigenvalue weighted by atomic mass is 16.5. The second-order valence-electron chi connectivity index (χ2n) is 4.34. The fourth-order valence-electron chi connectivity index (χ4n) is 2.13. The third-order valence-electron chi connectivity index (χ3n) is 3.04. The van der Waals surface area contributed by atoms with Crippen molar-refractivity contribution in [1.82, 2.24) is 0 Å². The van der Waals surface area contributed by atoms with Crippen LogP contribution in [-0.2, 0) is 0 Å². The molecule has 1 aliphatic carbocycles. The summed E-state index contributed by atoms with van der Waals surface area (Å²) in [6.45, 7) is 0. The Bertz CT molecular complexity index is 408. The molecule has 1 aromatic rings. The molecule has 0 atom stereocenters. The van der Waals surface area contributed by atoms with E-state index < -0.39 is 11.7 Å². The zero-order valence-electron chi connectivity index (χ0n) is 9.52. The third-order valence-corrected chi connectivity index (χ3v) is 3.04. The molecule has 0 radical (unpaired) electrons. The Labute approximate surface area is 99.8 Å². The number of carboxylic acid groups (broad SMARTS) is 1. The lowest BCUT2D eigenvalue weighted by molar-refractivity contribution is -0.268. The van der Waals surface area contributed by atoms with Crippen molar-refractivity contribution >= 4 is 5.97 Å². The Hall–Kier alpha value is -1.71. The molecule has 0 spiro atoms. The van der Waals surface area contributed by atoms with Gasteiger partial charge in [0.2, 0.25) is 0 Å². The van der Waals surface area contributed by atoms with E-state index in [4.69, 9.17) is 9.84 Å². The third kappa shape index (κ3) is 2.90. The van der Waals surface area contributed by atoms with Crippen LogP contribution in [0.3, 0.4) is 0 Å². The zero-order chi connectivity index (χ0) is 12.3. The van der Waals surface area contributed by atoms with Crippen LogP contribution < -0.4 is 9.84 Å². The van der Waals surface area contributed by atoms with Crippen LogP contribution in [0, 0.1) is 0 Å². The van der Waals surface area contributed by atoms with E-state index in [1.165, 1.54) is 18.6 Å². The van der Waals surface area contributed by atoms with Crippen molar-refractivity contribution in [3.8, 4) is 11.5 Å². The van der Waals surface area contributed by atoms with Crippen molar-refractivity contribution in [2.24, 2.45) is 0 Å². The smallest absolute Gasteiger partial charge is 0.335 e. The largest absolute Gasteiger partial charge is 0.872 e. The van der Waals surface area contributed by atoms with Crippen LogP contribution in [0.2, 0.25) is 0 Å². The van der Waals surface area contributed by atoms with E-state index in [1.54, 1.807) is 6.07 Å². The average Bonchev–Trinajstić information content (AvgIpc) is 2.30. The lowest BCUT2D eigenvalue weighted by atomic mass is 9.98. The van der Waals surface area contributed by atoms with Gasteiger partial charge in [-0.05, 0) is 43.9 Å². The van der Waals surface area contributed by atoms with Gasteiger partial charge in [0.1, 0.15) is 5.75 Å². The van der Waals surface area contributed by atoms with Gasteiger partial charge < -0.3 is 14.9 Å². The van der Waals surface area contributed by atoms with Crippen LogP contribution in [0.5, 0.6) is 11.5 Å². The minimum Gasteiger partial charge on any atom is -0.872 e. The number of rotatable bonds is 3. The summed E-state index contributed by atoms with van der Waals surface area (Å²) in [5.41, 5.74) is -0.207. The number of carboxylic acids is 1. The van der Waals surface area contributed by atoms with Gasteiger partial charge in [0.25, 0.3) is 0 Å². The molecule has 1 fully saturated rings. The predicted molar refractivity (Wildman–Crippen MR) is 60.3 cm³/mol. The number of hydrogen-bond acceptors (Lipinski definition) is 3. The summed E-state index contributed by atoms with van der Waals surface area (Å²) in [6.07, 6.45) is 5.73. The molecule has 0 bridgehead atoms. The Kier molecular flexibility index (Phi) is 3.52. The zero-order valence-corrected chi connectivity index (χ0v) is 9.52. The van der Waals surface area contributed by atoms with Crippen molar-refractivity contribution < 1.29 is 19.7 Å². The normalized spacial score (nSPS) is 16.7. The number of hydrogen-bond donors (Lipinski definition) is 1. The maximum atomic E-state index is 11.5. The average molecular weight is 235 g/mol. The fraction of sp³-hybridized carbons (Fsp3) is 0.462. The van der Waals surface area contributed by atoms with Crippen LogP contribution in [0.15, 0.2) is 18.2 Å². The molecule has 1 aromatic carbocycles. The highest BCUT2D eigenvalue weighted by Crippen LogP contribution is 2.26. The summed E-state index contributed by atoms with van der Waals surface area (Å²) in [4.78, 5) is 10.7. The molecule has 1 N–H and O–H groups in total. The van der Waals surface area contributed by atoms with E-state index >= 15 is 0 Å². The lowest BCUT2D eigenvalue weighted by Crippen LogP contribution is -2.19. The van der Waals surface area contributed by atoms with Crippen molar-refractivity contribution in [3.63, 3.8) is 0 Å². The van der Waals surface area contributed by atoms with Crippen LogP contribution in [-0.4, -0.2) is 17.2 Å². The molecule has 4 heteroatoms. The summed E-state index contributed by atoms with van der Waals surface area (Å²) in [5.74, 6) is -1.21. The van der Waals surface area contributed by atoms with E-state index in [2.05, 4.69) is 0 Å². The van der Waals surface area contributed by atoms with E-state index in [9.17, 15) is 9.90 Å². The Balaban J connectivity index is 2.06. The first-order valence-electron chi connectivity index (χ1n) is 5.88. The molecule has 0 aromatic heterocycles. The first kappa shape index (κ1) is 11.8. The van der Waals surface area contributed by atoms with Gasteiger partial charge in [0.05, 0.1) is 11.7 Å². The monoisotopic (exact) mass is 235 g/mol. The van der Waals surface area contributed by atoms with Crippen LogP contribution >= 0.6 is 0 Å². The molecule has 2 rings (SSSR count). The van der Waals surface area contributed by atoms with E-state index in [0.29, 0.717) is 5.75 Å². The highest BCUT2D eigenvalue weighted by molar-refractivity contribution is 5.90. The molecule has 92 valence electrons. The van der Waals surface area contributed by atoms with Gasteiger partial charge >= 0.3 is 5.97 Å². The second-order valence-corrected chi connectivity index (χ2v) is 4.34. The highest BCUT2D eigenvalue weighted by Gasteiger charge is 2.15. The SMILES string of the molecule is O=C(O)c1ccc(OC2CCCCC2)cc1[O-]. The van der Waals surface area contributed by atoms with Gasteiger partial charge in [-0.1, -0.05) is 12.2 Å². The van der Waals surface area contributed by atoms with Gasteiger partial charge in [-0.15, -0.1) is 0 Å². The van der Waals surface area contributed by atoms with Crippen molar-refractivity contribution in [2.45, 2.75) is 38.2 Å². The topological polar surface area (TPSA) is 69.6 Å². The molecule has 1 aliphatic rings. The van der Waals surface area contributed by atoms with Gasteiger partial charge in [-0.2, -0.15) is 0 Å². The molecule has 4 nitrogen and oxygen atoms in total. The maximum Gasteiger partial charge on any atom is 0.335 e. The standard InChI is InChI=1S/C13H16O4/c14-12-8-10(6-7-11(12)13(15)16)17-9-4-2-1-3-5-9/h6-9,14H,1-5H2,(H,15,16)/p-1. The number of benzene rings is 1. The van der Waals surface area contributed by atoms with Crippen molar-refractivity contribution in [3.05, 3.63) is 23.8 Å². The molecule has 17 heavy (non-hydrogen) atoms. The molecular weight excluding hydrogens is 220 g/mol. The molecule has 1 saturated carbocycles. The number of ether oxygens (including phenoxy) is 1. The minimum atomic E-state index is -1.20. The summed E-state index contributed by atoms with van der Waals surface area (Å²) in [7, 11) is 0. The van der Waals surface area contributed by atoms with Crippen LogP contribution in [0.25, 0.3) is 0 Å². The second kappa shape index (κ2) is 5.08. The van der Waals surface area contributed by atoms with E-state index in [1.807, 2.05) is 0 Å². The summed E-state index contributed by atoms with van der Waals surface area (Å²) in [5, 5.41) is 20.2. The fourth-order valence-corrected chi connectivity index (χ4v) is 2.13. The van der Waals surface area contributed by atoms with E-state index in [0.717, 1.165) is 25.7 Å². The maximum absolute atomic E-state index is 11.5. The van der Waals surface area contributed by atoms with Gasteiger partial charge in [-0.25, -0.2) is 4.79 Å². The van der Waals surface area contributed by atoms with Crippen molar-refractivity contribution in [1.29, 1.82) is 0 Å². The van der Waals surface area contributed by atoms with Gasteiger partial charge in [-0.3, -0.25) is 0 Å². The number of aromatic carboxylic acids is 1. The molecule has 0 heterocycles. The Morgan fingerprint density at radius 1 is 1.29 bits per heavy atom. The molecule has 0 unspecified atom stereocenters. The predicted octanol–water partition coefficient (Wildman–Crippen LogP) is 2.17. The first-order valence-corrected chi connectivity index (χ1v) is 5.88. The van der Waals surface area contributed by atoms with Crippen LogP contribution in [0.1, 0.15) is 42.5 Å². The first-order chi connectivity index (χ1) is 8.16. The molecule has 0 amide bonds. The molecule has 0 aliphatic heterocycles. The summed E-state index contributed by atoms with van der Waals surface area (Å²) >= 11 is 0. The summed E-state index contributed by atoms with van der Waals surface area (Å²) in [6, 6.07) is 4.13. The lowest BCUT2D eigenvalue weighted by Gasteiger charge is -2.24. The van der Waals surface area contributed by atoms with E-state index in [-0.39, 0.29) is 11.7 Å². The van der Waals surface area contributed by atoms with Gasteiger partial charge in [0, 0.05) is 0 Å². The molecular formula is C13H15O4-. The quantitative estimate of drug-likeness (QED) is 0.871. The van der Waals surface area contributed by atoms with Crippen LogP contribution in [0.4, 0.5) is 0 Å².